The third-order valence-electron chi connectivity index (χ3n) is 6.95. The monoisotopic (exact) mass is 538 g/mol. The van der Waals surface area contributed by atoms with Gasteiger partial charge in [0.05, 0.1) is 6.26 Å². The van der Waals surface area contributed by atoms with E-state index in [0.29, 0.717) is 78.5 Å². The fourth-order valence-electron chi connectivity index (χ4n) is 4.97. The lowest BCUT2D eigenvalue weighted by Crippen LogP contribution is -2.49. The molecule has 0 amide bonds. The fraction of sp³-hybridized carbons (Fsp3) is 0.276. The zero-order valence-corrected chi connectivity index (χ0v) is 22.0. The van der Waals surface area contributed by atoms with E-state index in [4.69, 9.17) is 4.74 Å². The Kier molecular flexibility index (Phi) is 7.17. The number of carbonyl (C=O) groups excluding carboxylic acids is 1. The minimum absolute atomic E-state index is 0.231. The van der Waals surface area contributed by atoms with Crippen molar-refractivity contribution in [3.05, 3.63) is 100 Å². The number of hydrogen-bond donors (Lipinski definition) is 0. The Balaban J connectivity index is 1.38. The number of aryl methyl sites for hydroxylation is 1. The van der Waals surface area contributed by atoms with Crippen LogP contribution in [0.25, 0.3) is 11.1 Å². The van der Waals surface area contributed by atoms with Crippen LogP contribution in [0.15, 0.2) is 60.7 Å². The van der Waals surface area contributed by atoms with Crippen molar-refractivity contribution in [2.75, 3.05) is 45.6 Å². The molecule has 1 aliphatic heterocycles. The number of rotatable bonds is 7. The summed E-state index contributed by atoms with van der Waals surface area (Å²) < 4.78 is 59.2. The van der Waals surface area contributed by atoms with Gasteiger partial charge < -0.3 is 4.74 Å². The second-order valence-electron chi connectivity index (χ2n) is 9.66. The number of carbonyl (C=O) groups is 1. The zero-order chi connectivity index (χ0) is 27.0. The molecule has 1 heterocycles. The molecule has 0 atom stereocenters. The molecule has 3 aromatic carbocycles. The van der Waals surface area contributed by atoms with Crippen LogP contribution in [0.2, 0.25) is 0 Å². The maximum atomic E-state index is 14.2. The van der Waals surface area contributed by atoms with E-state index in [2.05, 4.69) is 4.90 Å². The Morgan fingerprint density at radius 2 is 1.47 bits per heavy atom. The number of sulfonamides is 1. The normalized spacial score (nSPS) is 16.7. The molecule has 198 valence electrons. The van der Waals surface area contributed by atoms with Gasteiger partial charge in [-0.15, -0.1) is 0 Å². The van der Waals surface area contributed by atoms with Crippen molar-refractivity contribution in [3.63, 3.8) is 0 Å². The lowest BCUT2D eigenvalue weighted by molar-refractivity contribution is 0.105. The molecule has 0 N–H and O–H groups in total. The van der Waals surface area contributed by atoms with Crippen molar-refractivity contribution in [3.8, 4) is 5.75 Å². The largest absolute Gasteiger partial charge is 0.492 e. The number of halogens is 2. The molecule has 9 heteroatoms. The Bertz CT molecular complexity index is 1510. The summed E-state index contributed by atoms with van der Waals surface area (Å²) in [6.45, 7) is 5.07. The van der Waals surface area contributed by atoms with Gasteiger partial charge in [0.2, 0.25) is 10.0 Å². The average Bonchev–Trinajstić information content (AvgIpc) is 3.15. The number of piperazine rings is 1. The molecule has 0 saturated carbocycles. The molecule has 0 radical (unpaired) electrons. The SMILES string of the molecule is Cc1ccc(C2=C(c3cc(F)cc(F)c3)c3ccc(OCCN4CCN(S(C)(=O)=O)CC4)cc3C2=O)cc1. The van der Waals surface area contributed by atoms with Crippen molar-refractivity contribution in [2.45, 2.75) is 6.92 Å². The molecule has 2 aliphatic rings. The van der Waals surface area contributed by atoms with Gasteiger partial charge in [0.1, 0.15) is 24.0 Å². The molecule has 5 rings (SSSR count). The lowest BCUT2D eigenvalue weighted by atomic mass is 9.93. The van der Waals surface area contributed by atoms with Gasteiger partial charge in [0.15, 0.2) is 5.78 Å². The maximum absolute atomic E-state index is 14.2. The molecular weight excluding hydrogens is 510 g/mol. The smallest absolute Gasteiger partial charge is 0.211 e. The van der Waals surface area contributed by atoms with Gasteiger partial charge in [-0.3, -0.25) is 9.69 Å². The van der Waals surface area contributed by atoms with Gasteiger partial charge in [-0.25, -0.2) is 17.2 Å². The minimum Gasteiger partial charge on any atom is -0.492 e. The molecule has 0 aromatic heterocycles. The summed E-state index contributed by atoms with van der Waals surface area (Å²) in [5.41, 5.74) is 3.90. The first-order chi connectivity index (χ1) is 18.1. The predicted octanol–water partition coefficient (Wildman–Crippen LogP) is 4.38. The van der Waals surface area contributed by atoms with Crippen molar-refractivity contribution in [1.29, 1.82) is 0 Å². The highest BCUT2D eigenvalue weighted by atomic mass is 32.2. The molecule has 0 unspecified atom stereocenters. The molecule has 38 heavy (non-hydrogen) atoms. The summed E-state index contributed by atoms with van der Waals surface area (Å²) in [6.07, 6.45) is 1.22. The Hall–Kier alpha value is -3.40. The van der Waals surface area contributed by atoms with E-state index in [1.807, 2.05) is 31.2 Å². The fourth-order valence-corrected chi connectivity index (χ4v) is 5.80. The molecular formula is C29H28F2N2O4S. The van der Waals surface area contributed by atoms with Crippen LogP contribution in [0.1, 0.15) is 32.6 Å². The second kappa shape index (κ2) is 10.4. The van der Waals surface area contributed by atoms with Gasteiger partial charge in [-0.1, -0.05) is 29.8 Å². The van der Waals surface area contributed by atoms with Crippen molar-refractivity contribution < 1.29 is 26.7 Å². The summed E-state index contributed by atoms with van der Waals surface area (Å²) in [5, 5.41) is 0. The number of hydrogen-bond acceptors (Lipinski definition) is 5. The molecule has 0 spiro atoms. The van der Waals surface area contributed by atoms with E-state index < -0.39 is 21.7 Å². The van der Waals surface area contributed by atoms with Crippen molar-refractivity contribution >= 4 is 27.0 Å². The summed E-state index contributed by atoms with van der Waals surface area (Å²) in [7, 11) is -3.18. The number of ketones is 1. The summed E-state index contributed by atoms with van der Waals surface area (Å²) >= 11 is 0. The Morgan fingerprint density at radius 3 is 2.11 bits per heavy atom. The molecule has 0 bridgehead atoms. The van der Waals surface area contributed by atoms with Crippen LogP contribution in [0.4, 0.5) is 8.78 Å². The van der Waals surface area contributed by atoms with Crippen LogP contribution in [0.5, 0.6) is 5.75 Å². The van der Waals surface area contributed by atoms with E-state index in [-0.39, 0.29) is 5.78 Å². The quantitative estimate of drug-likeness (QED) is 0.447. The van der Waals surface area contributed by atoms with Crippen LogP contribution in [0.3, 0.4) is 0 Å². The van der Waals surface area contributed by atoms with E-state index in [1.165, 1.54) is 22.7 Å². The van der Waals surface area contributed by atoms with E-state index >= 15 is 0 Å². The summed E-state index contributed by atoms with van der Waals surface area (Å²) in [6, 6.07) is 15.9. The van der Waals surface area contributed by atoms with Gasteiger partial charge in [0.25, 0.3) is 0 Å². The predicted molar refractivity (Wildman–Crippen MR) is 143 cm³/mol. The van der Waals surface area contributed by atoms with Crippen LogP contribution in [-0.2, 0) is 10.0 Å². The van der Waals surface area contributed by atoms with E-state index in [1.54, 1.807) is 18.2 Å². The highest BCUT2D eigenvalue weighted by Gasteiger charge is 2.32. The maximum Gasteiger partial charge on any atom is 0.211 e. The third-order valence-corrected chi connectivity index (χ3v) is 8.25. The van der Waals surface area contributed by atoms with Gasteiger partial charge in [0, 0.05) is 55.5 Å². The molecule has 1 aliphatic carbocycles. The Labute approximate surface area is 221 Å². The second-order valence-corrected chi connectivity index (χ2v) is 11.6. The van der Waals surface area contributed by atoms with Crippen LogP contribution in [0, 0.1) is 18.6 Å². The highest BCUT2D eigenvalue weighted by molar-refractivity contribution is 7.88. The number of allylic oxidation sites excluding steroid dienone is 1. The first kappa shape index (κ1) is 26.2. The number of Topliss-reactive ketones (excluding diaryl/α,β-unsaturated/α-hetero) is 1. The first-order valence-electron chi connectivity index (χ1n) is 12.4. The summed E-state index contributed by atoms with van der Waals surface area (Å²) in [5.74, 6) is -1.14. The molecule has 1 fully saturated rings. The Morgan fingerprint density at radius 1 is 0.816 bits per heavy atom. The third kappa shape index (κ3) is 5.41. The zero-order valence-electron chi connectivity index (χ0n) is 21.2. The first-order valence-corrected chi connectivity index (χ1v) is 14.2. The minimum atomic E-state index is -3.18. The number of fused-ring (bicyclic) bond motifs is 1. The van der Waals surface area contributed by atoms with Crippen LogP contribution < -0.4 is 4.74 Å². The standard InChI is InChI=1S/C29H28F2N2O4S/c1-19-3-5-20(6-4-19)28-27(21-15-22(30)17-23(31)16-21)25-8-7-24(18-26(25)29(28)34)37-14-13-32-9-11-33(12-10-32)38(2,35)36/h3-8,15-18H,9-14H2,1-2H3. The average molecular weight is 539 g/mol. The van der Waals surface area contributed by atoms with E-state index in [9.17, 15) is 22.0 Å². The van der Waals surface area contributed by atoms with Gasteiger partial charge in [-0.2, -0.15) is 4.31 Å². The van der Waals surface area contributed by atoms with E-state index in [0.717, 1.165) is 11.6 Å². The molecule has 6 nitrogen and oxygen atoms in total. The van der Waals surface area contributed by atoms with Crippen molar-refractivity contribution in [1.82, 2.24) is 9.21 Å². The number of benzene rings is 3. The number of ether oxygens (including phenoxy) is 1. The number of nitrogens with zero attached hydrogens (tertiary/aromatic N) is 2. The molecule has 3 aromatic rings. The van der Waals surface area contributed by atoms with Gasteiger partial charge in [-0.05, 0) is 53.9 Å². The van der Waals surface area contributed by atoms with Gasteiger partial charge >= 0.3 is 0 Å². The van der Waals surface area contributed by atoms with Crippen LogP contribution >= 0.6 is 0 Å². The molecule has 1 saturated heterocycles. The van der Waals surface area contributed by atoms with Crippen LogP contribution in [-0.4, -0.2) is 69.0 Å². The summed E-state index contributed by atoms with van der Waals surface area (Å²) in [4.78, 5) is 15.8. The topological polar surface area (TPSA) is 66.9 Å². The highest BCUT2D eigenvalue weighted by Crippen LogP contribution is 2.43. The lowest BCUT2D eigenvalue weighted by Gasteiger charge is -2.33. The van der Waals surface area contributed by atoms with Crippen molar-refractivity contribution in [2.24, 2.45) is 0 Å².